The molecule has 0 unspecified atom stereocenters. The Morgan fingerprint density at radius 1 is 1.35 bits per heavy atom. The number of ether oxygens (including phenoxy) is 1. The SMILES string of the molecule is CC(C)c1nc(COc2ccc(Cl)cc2[C@H](C)O)no1. The van der Waals surface area contributed by atoms with Crippen molar-refractivity contribution in [1.29, 1.82) is 0 Å². The monoisotopic (exact) mass is 296 g/mol. The molecule has 5 nitrogen and oxygen atoms in total. The molecule has 108 valence electrons. The highest BCUT2D eigenvalue weighted by Gasteiger charge is 2.13. The van der Waals surface area contributed by atoms with Gasteiger partial charge < -0.3 is 14.4 Å². The Kier molecular flexibility index (Phi) is 4.62. The Labute approximate surface area is 122 Å². The lowest BCUT2D eigenvalue weighted by Gasteiger charge is -2.12. The summed E-state index contributed by atoms with van der Waals surface area (Å²) in [7, 11) is 0. The third-order valence-corrected chi connectivity index (χ3v) is 2.99. The number of benzene rings is 1. The van der Waals surface area contributed by atoms with Gasteiger partial charge in [-0.1, -0.05) is 30.6 Å². The van der Waals surface area contributed by atoms with Gasteiger partial charge in [-0.2, -0.15) is 4.98 Å². The third-order valence-electron chi connectivity index (χ3n) is 2.76. The van der Waals surface area contributed by atoms with Crippen molar-refractivity contribution in [2.45, 2.75) is 39.4 Å². The molecule has 0 spiro atoms. The Hall–Kier alpha value is -1.59. The van der Waals surface area contributed by atoms with Crippen molar-refractivity contribution in [2.75, 3.05) is 0 Å². The summed E-state index contributed by atoms with van der Waals surface area (Å²) >= 11 is 5.91. The van der Waals surface area contributed by atoms with Crippen LogP contribution in [0.1, 0.15) is 50.1 Å². The van der Waals surface area contributed by atoms with Gasteiger partial charge in [0.1, 0.15) is 5.75 Å². The fraction of sp³-hybridized carbons (Fsp3) is 0.429. The molecule has 1 N–H and O–H groups in total. The average molecular weight is 297 g/mol. The van der Waals surface area contributed by atoms with Crippen molar-refractivity contribution in [1.82, 2.24) is 10.1 Å². The molecule has 1 heterocycles. The Bertz CT molecular complexity index is 582. The Morgan fingerprint density at radius 3 is 2.70 bits per heavy atom. The molecule has 1 aromatic heterocycles. The molecular weight excluding hydrogens is 280 g/mol. The zero-order chi connectivity index (χ0) is 14.7. The van der Waals surface area contributed by atoms with Crippen molar-refractivity contribution in [3.05, 3.63) is 40.5 Å². The van der Waals surface area contributed by atoms with Crippen LogP contribution in [0.3, 0.4) is 0 Å². The highest BCUT2D eigenvalue weighted by Crippen LogP contribution is 2.28. The molecule has 0 radical (unpaired) electrons. The number of hydrogen-bond acceptors (Lipinski definition) is 5. The number of nitrogens with zero attached hydrogens (tertiary/aromatic N) is 2. The lowest BCUT2D eigenvalue weighted by molar-refractivity contribution is 0.189. The van der Waals surface area contributed by atoms with Gasteiger partial charge in [0.25, 0.3) is 0 Å². The first-order chi connectivity index (χ1) is 9.47. The molecule has 20 heavy (non-hydrogen) atoms. The van der Waals surface area contributed by atoms with Crippen LogP contribution in [-0.2, 0) is 6.61 Å². The summed E-state index contributed by atoms with van der Waals surface area (Å²) in [5, 5.41) is 14.1. The highest BCUT2D eigenvalue weighted by atomic mass is 35.5. The van der Waals surface area contributed by atoms with Gasteiger partial charge in [-0.25, -0.2) is 0 Å². The summed E-state index contributed by atoms with van der Waals surface area (Å²) in [6.07, 6.45) is -0.666. The average Bonchev–Trinajstić information content (AvgIpc) is 2.86. The molecule has 2 aromatic rings. The van der Waals surface area contributed by atoms with Crippen LogP contribution in [0.5, 0.6) is 5.75 Å². The van der Waals surface area contributed by atoms with Crippen molar-refractivity contribution in [3.63, 3.8) is 0 Å². The maximum Gasteiger partial charge on any atom is 0.229 e. The van der Waals surface area contributed by atoms with Crippen LogP contribution in [-0.4, -0.2) is 15.2 Å². The second-order valence-electron chi connectivity index (χ2n) is 4.85. The predicted molar refractivity (Wildman–Crippen MR) is 74.8 cm³/mol. The number of aliphatic hydroxyl groups excluding tert-OH is 1. The number of halogens is 1. The van der Waals surface area contributed by atoms with Crippen LogP contribution in [0.25, 0.3) is 0 Å². The number of rotatable bonds is 5. The summed E-state index contributed by atoms with van der Waals surface area (Å²) in [5.74, 6) is 1.79. The van der Waals surface area contributed by atoms with Gasteiger partial charge in [-0.15, -0.1) is 0 Å². The van der Waals surface area contributed by atoms with E-state index in [-0.39, 0.29) is 12.5 Å². The Balaban J connectivity index is 2.10. The fourth-order valence-corrected chi connectivity index (χ4v) is 1.86. The van der Waals surface area contributed by atoms with E-state index in [1.165, 1.54) is 0 Å². The quantitative estimate of drug-likeness (QED) is 0.915. The number of aromatic nitrogens is 2. The minimum Gasteiger partial charge on any atom is -0.485 e. The van der Waals surface area contributed by atoms with E-state index in [0.717, 1.165) is 0 Å². The minimum atomic E-state index is -0.666. The van der Waals surface area contributed by atoms with Gasteiger partial charge in [0.2, 0.25) is 11.7 Å². The summed E-state index contributed by atoms with van der Waals surface area (Å²) in [4.78, 5) is 4.23. The predicted octanol–water partition coefficient (Wildman–Crippen LogP) is 3.48. The highest BCUT2D eigenvalue weighted by molar-refractivity contribution is 6.30. The zero-order valence-electron chi connectivity index (χ0n) is 11.6. The van der Waals surface area contributed by atoms with Crippen molar-refractivity contribution >= 4 is 11.6 Å². The van der Waals surface area contributed by atoms with Crippen LogP contribution in [0, 0.1) is 0 Å². The van der Waals surface area contributed by atoms with E-state index in [2.05, 4.69) is 10.1 Å². The second kappa shape index (κ2) is 6.24. The van der Waals surface area contributed by atoms with Gasteiger partial charge in [0.05, 0.1) is 6.10 Å². The standard InChI is InChI=1S/C14H17ClN2O3/c1-8(2)14-16-13(17-20-14)7-19-12-5-4-10(15)6-11(12)9(3)18/h4-6,8-9,18H,7H2,1-3H3/t9-/m0/s1. The van der Waals surface area contributed by atoms with E-state index < -0.39 is 6.10 Å². The van der Waals surface area contributed by atoms with E-state index in [0.29, 0.717) is 28.1 Å². The van der Waals surface area contributed by atoms with Gasteiger partial charge in [-0.3, -0.25) is 0 Å². The van der Waals surface area contributed by atoms with Crippen LogP contribution >= 0.6 is 11.6 Å². The van der Waals surface area contributed by atoms with Gasteiger partial charge in [0.15, 0.2) is 6.61 Å². The fourth-order valence-electron chi connectivity index (χ4n) is 1.68. The summed E-state index contributed by atoms with van der Waals surface area (Å²) in [5.41, 5.74) is 0.630. The van der Waals surface area contributed by atoms with Crippen LogP contribution < -0.4 is 4.74 Å². The number of aliphatic hydroxyl groups is 1. The Morgan fingerprint density at radius 2 is 2.10 bits per heavy atom. The third kappa shape index (κ3) is 3.49. The smallest absolute Gasteiger partial charge is 0.229 e. The largest absolute Gasteiger partial charge is 0.485 e. The molecular formula is C14H17ClN2O3. The van der Waals surface area contributed by atoms with E-state index in [4.69, 9.17) is 20.9 Å². The maximum absolute atomic E-state index is 9.71. The maximum atomic E-state index is 9.71. The van der Waals surface area contributed by atoms with E-state index in [1.54, 1.807) is 25.1 Å². The molecule has 0 amide bonds. The molecule has 0 saturated heterocycles. The molecule has 1 atom stereocenters. The molecule has 0 aliphatic carbocycles. The lowest BCUT2D eigenvalue weighted by Crippen LogP contribution is -2.02. The molecule has 0 fully saturated rings. The van der Waals surface area contributed by atoms with Crippen LogP contribution in [0.4, 0.5) is 0 Å². The first-order valence-corrected chi connectivity index (χ1v) is 6.78. The minimum absolute atomic E-state index is 0.178. The van der Waals surface area contributed by atoms with E-state index in [9.17, 15) is 5.11 Å². The van der Waals surface area contributed by atoms with Crippen molar-refractivity contribution < 1.29 is 14.4 Å². The van der Waals surface area contributed by atoms with Gasteiger partial charge >= 0.3 is 0 Å². The summed E-state index contributed by atoms with van der Waals surface area (Å²) in [6.45, 7) is 5.78. The molecule has 2 rings (SSSR count). The van der Waals surface area contributed by atoms with E-state index in [1.807, 2.05) is 13.8 Å². The molecule has 1 aromatic carbocycles. The summed E-state index contributed by atoms with van der Waals surface area (Å²) in [6, 6.07) is 5.10. The molecule has 0 saturated carbocycles. The summed E-state index contributed by atoms with van der Waals surface area (Å²) < 4.78 is 10.7. The first-order valence-electron chi connectivity index (χ1n) is 6.40. The van der Waals surface area contributed by atoms with Crippen LogP contribution in [0.2, 0.25) is 5.02 Å². The van der Waals surface area contributed by atoms with Gasteiger partial charge in [-0.05, 0) is 25.1 Å². The normalized spacial score (nSPS) is 12.7. The van der Waals surface area contributed by atoms with Crippen LogP contribution in [0.15, 0.2) is 22.7 Å². The molecule has 6 heteroatoms. The van der Waals surface area contributed by atoms with E-state index >= 15 is 0 Å². The number of hydrogen-bond donors (Lipinski definition) is 1. The first kappa shape index (κ1) is 14.8. The second-order valence-corrected chi connectivity index (χ2v) is 5.29. The molecule has 0 aliphatic rings. The zero-order valence-corrected chi connectivity index (χ0v) is 12.4. The molecule has 0 aliphatic heterocycles. The lowest BCUT2D eigenvalue weighted by atomic mass is 10.1. The molecule has 0 bridgehead atoms. The van der Waals surface area contributed by atoms with Crippen molar-refractivity contribution in [3.8, 4) is 5.75 Å². The topological polar surface area (TPSA) is 68.4 Å². The van der Waals surface area contributed by atoms with Crippen molar-refractivity contribution in [2.24, 2.45) is 0 Å². The van der Waals surface area contributed by atoms with Gasteiger partial charge in [0, 0.05) is 16.5 Å².